The van der Waals surface area contributed by atoms with Crippen LogP contribution in [-0.2, 0) is 14.3 Å². The molecule has 0 saturated heterocycles. The average Bonchev–Trinajstić information content (AvgIpc) is 2.88. The number of ether oxygens (including phenoxy) is 1. The zero-order chi connectivity index (χ0) is 17.2. The van der Waals surface area contributed by atoms with Gasteiger partial charge in [-0.25, -0.2) is 0 Å². The first-order chi connectivity index (χ1) is 11.7. The van der Waals surface area contributed by atoms with Gasteiger partial charge >= 0.3 is 0 Å². The maximum absolute atomic E-state index is 12.0. The fourth-order valence-corrected chi connectivity index (χ4v) is 4.26. The summed E-state index contributed by atoms with van der Waals surface area (Å²) in [5.41, 5.74) is -0.0568. The number of rotatable bonds is 5. The number of aliphatic hydroxyl groups is 1. The van der Waals surface area contributed by atoms with Crippen molar-refractivity contribution in [1.29, 1.82) is 0 Å². The van der Waals surface area contributed by atoms with Gasteiger partial charge in [-0.2, -0.15) is 0 Å². The Morgan fingerprint density at radius 2 is 1.54 bits per heavy atom. The molecule has 0 unspecified atom stereocenters. The summed E-state index contributed by atoms with van der Waals surface area (Å²) in [4.78, 5) is 23.6. The Morgan fingerprint density at radius 3 is 2.04 bits per heavy atom. The molecule has 5 heteroatoms. The molecule has 1 N–H and O–H groups in total. The molecule has 0 aromatic rings. The first kappa shape index (κ1) is 19.5. The smallest absolute Gasteiger partial charge is 0.226 e. The normalized spacial score (nSPS) is 22.2. The highest BCUT2D eigenvalue weighted by Gasteiger charge is 2.29. The van der Waals surface area contributed by atoms with Gasteiger partial charge in [0.1, 0.15) is 17.9 Å². The quantitative estimate of drug-likeness (QED) is 0.732. The van der Waals surface area contributed by atoms with Gasteiger partial charge in [-0.3, -0.25) is 9.59 Å². The minimum Gasteiger partial charge on any atom is -0.510 e. The van der Waals surface area contributed by atoms with Crippen molar-refractivity contribution in [3.05, 3.63) is 11.3 Å². The molecule has 1 heterocycles. The molecular formula is C19H30O4S. The number of ketones is 1. The molecule has 0 aromatic heterocycles. The largest absolute Gasteiger partial charge is 0.510 e. The van der Waals surface area contributed by atoms with E-state index in [2.05, 4.69) is 0 Å². The lowest BCUT2D eigenvalue weighted by molar-refractivity contribution is -0.122. The first-order valence-corrected chi connectivity index (χ1v) is 10.4. The molecule has 1 aliphatic carbocycles. The number of hydrogen-bond donors (Lipinski definition) is 1. The Hall–Kier alpha value is -0.810. The number of Topliss-reactive ketones (excluding diaryl/α,β-unsaturated/α-hetero) is 1. The van der Waals surface area contributed by atoms with E-state index in [1.54, 1.807) is 0 Å². The summed E-state index contributed by atoms with van der Waals surface area (Å²) >= 11 is 0.977. The van der Waals surface area contributed by atoms with E-state index < -0.39 is 0 Å². The summed E-state index contributed by atoms with van der Waals surface area (Å²) in [6, 6.07) is 0. The molecule has 0 amide bonds. The third-order valence-electron chi connectivity index (χ3n) is 4.92. The van der Waals surface area contributed by atoms with Crippen molar-refractivity contribution in [1.82, 2.24) is 0 Å². The minimum atomic E-state index is -0.379. The van der Waals surface area contributed by atoms with Crippen molar-refractivity contribution in [2.45, 2.75) is 70.6 Å². The highest BCUT2D eigenvalue weighted by molar-refractivity contribution is 8.14. The van der Waals surface area contributed by atoms with Crippen LogP contribution in [0.2, 0.25) is 0 Å². The van der Waals surface area contributed by atoms with Gasteiger partial charge in [0.25, 0.3) is 0 Å². The second-order valence-corrected chi connectivity index (χ2v) is 7.91. The van der Waals surface area contributed by atoms with Gasteiger partial charge < -0.3 is 9.84 Å². The van der Waals surface area contributed by atoms with Crippen LogP contribution in [0.3, 0.4) is 0 Å². The molecule has 0 spiro atoms. The minimum absolute atomic E-state index is 0.0568. The predicted octanol–water partition coefficient (Wildman–Crippen LogP) is 4.58. The third kappa shape index (κ3) is 6.60. The maximum atomic E-state index is 12.0. The van der Waals surface area contributed by atoms with E-state index >= 15 is 0 Å². The molecule has 24 heavy (non-hydrogen) atoms. The molecule has 1 aliphatic heterocycles. The van der Waals surface area contributed by atoms with Crippen molar-refractivity contribution < 1.29 is 19.4 Å². The van der Waals surface area contributed by atoms with Crippen LogP contribution in [0.15, 0.2) is 11.3 Å². The van der Waals surface area contributed by atoms with E-state index in [1.165, 1.54) is 57.8 Å². The summed E-state index contributed by atoms with van der Waals surface area (Å²) in [5.74, 6) is 0.247. The Labute approximate surface area is 149 Å². The Balaban J connectivity index is 1.72. The lowest BCUT2D eigenvalue weighted by Crippen LogP contribution is -2.19. The van der Waals surface area contributed by atoms with Gasteiger partial charge in [-0.1, -0.05) is 69.5 Å². The van der Waals surface area contributed by atoms with Gasteiger partial charge in [-0.15, -0.1) is 0 Å². The van der Waals surface area contributed by atoms with Gasteiger partial charge in [-0.05, 0) is 18.8 Å². The van der Waals surface area contributed by atoms with E-state index in [4.69, 9.17) is 4.74 Å². The molecule has 136 valence electrons. The number of carbonyl (C=O) groups is 2. The van der Waals surface area contributed by atoms with Crippen LogP contribution < -0.4 is 0 Å². The van der Waals surface area contributed by atoms with Crippen molar-refractivity contribution in [2.75, 3.05) is 19.0 Å². The summed E-state index contributed by atoms with van der Waals surface area (Å²) in [5, 5.41) is 9.29. The summed E-state index contributed by atoms with van der Waals surface area (Å²) < 4.78 is 5.61. The van der Waals surface area contributed by atoms with Crippen LogP contribution in [-0.4, -0.2) is 35.0 Å². The Bertz CT molecular complexity index is 446. The number of carbonyl (C=O) groups excluding carboxylic acids is 2. The summed E-state index contributed by atoms with van der Waals surface area (Å²) in [6.45, 7) is 0.489. The fraction of sp³-hybridized carbons (Fsp3) is 0.789. The van der Waals surface area contributed by atoms with Crippen molar-refractivity contribution in [2.24, 2.45) is 5.92 Å². The molecule has 0 radical (unpaired) electrons. The molecule has 1 fully saturated rings. The maximum Gasteiger partial charge on any atom is 0.226 e. The van der Waals surface area contributed by atoms with Crippen LogP contribution in [0.4, 0.5) is 0 Å². The summed E-state index contributed by atoms with van der Waals surface area (Å²) in [6.07, 6.45) is 14.2. The van der Waals surface area contributed by atoms with E-state index in [0.29, 0.717) is 12.5 Å². The molecular weight excluding hydrogens is 324 g/mol. The Kier molecular flexibility index (Phi) is 8.89. The van der Waals surface area contributed by atoms with Crippen molar-refractivity contribution in [3.8, 4) is 0 Å². The van der Waals surface area contributed by atoms with E-state index in [1.807, 2.05) is 0 Å². The lowest BCUT2D eigenvalue weighted by atomic mass is 9.93. The Morgan fingerprint density at radius 1 is 1.00 bits per heavy atom. The van der Waals surface area contributed by atoms with Crippen LogP contribution in [0.25, 0.3) is 0 Å². The molecule has 2 rings (SSSR count). The topological polar surface area (TPSA) is 63.6 Å². The number of thioether (sulfide) groups is 1. The SMILES string of the molecule is O=C(COCC1CCCCCCCCCCC1)C1=C(O)CSC1=O. The molecule has 0 bridgehead atoms. The van der Waals surface area contributed by atoms with Crippen LogP contribution in [0.5, 0.6) is 0 Å². The van der Waals surface area contributed by atoms with E-state index in [9.17, 15) is 14.7 Å². The first-order valence-electron chi connectivity index (χ1n) is 9.38. The van der Waals surface area contributed by atoms with Gasteiger partial charge in [0.05, 0.1) is 12.4 Å². The van der Waals surface area contributed by atoms with Gasteiger partial charge in [0.15, 0.2) is 5.78 Å². The molecule has 0 atom stereocenters. The molecule has 1 saturated carbocycles. The number of hydrogen-bond acceptors (Lipinski definition) is 5. The highest BCUT2D eigenvalue weighted by Crippen LogP contribution is 2.26. The molecule has 2 aliphatic rings. The van der Waals surface area contributed by atoms with Crippen LogP contribution >= 0.6 is 11.8 Å². The zero-order valence-electron chi connectivity index (χ0n) is 14.6. The lowest BCUT2D eigenvalue weighted by Gasteiger charge is -2.18. The molecule has 0 aromatic carbocycles. The summed E-state index contributed by atoms with van der Waals surface area (Å²) in [7, 11) is 0. The predicted molar refractivity (Wildman–Crippen MR) is 97.2 cm³/mol. The van der Waals surface area contributed by atoms with Gasteiger partial charge in [0, 0.05) is 0 Å². The average molecular weight is 355 g/mol. The monoisotopic (exact) mass is 354 g/mol. The number of aliphatic hydroxyl groups excluding tert-OH is 1. The standard InChI is InChI=1S/C19H30O4S/c20-16(18-17(21)14-24-19(18)22)13-23-12-15-10-8-6-4-2-1-3-5-7-9-11-15/h15,21H,1-14H2. The van der Waals surface area contributed by atoms with Crippen LogP contribution in [0, 0.1) is 5.92 Å². The van der Waals surface area contributed by atoms with Crippen LogP contribution in [0.1, 0.15) is 70.6 Å². The third-order valence-corrected chi connectivity index (χ3v) is 5.81. The molecule has 4 nitrogen and oxygen atoms in total. The zero-order valence-corrected chi connectivity index (χ0v) is 15.4. The fourth-order valence-electron chi connectivity index (χ4n) is 3.48. The van der Waals surface area contributed by atoms with Gasteiger partial charge in [0.2, 0.25) is 5.12 Å². The van der Waals surface area contributed by atoms with E-state index in [-0.39, 0.29) is 34.6 Å². The van der Waals surface area contributed by atoms with Crippen molar-refractivity contribution in [3.63, 3.8) is 0 Å². The second-order valence-electron chi connectivity index (χ2n) is 6.96. The van der Waals surface area contributed by atoms with E-state index in [0.717, 1.165) is 24.6 Å². The second kappa shape index (κ2) is 10.9. The highest BCUT2D eigenvalue weighted by atomic mass is 32.2. The van der Waals surface area contributed by atoms with Crippen molar-refractivity contribution >= 4 is 22.7 Å².